The van der Waals surface area contributed by atoms with Crippen molar-refractivity contribution in [2.75, 3.05) is 0 Å². The van der Waals surface area contributed by atoms with Gasteiger partial charge in [0.15, 0.2) is 0 Å². The van der Waals surface area contributed by atoms with Crippen LogP contribution >= 0.6 is 0 Å². The SMILES string of the molecule is CCCCCCC.Cc1ccc(C)nc1. The molecule has 0 spiro atoms. The van der Waals surface area contributed by atoms with Gasteiger partial charge < -0.3 is 0 Å². The van der Waals surface area contributed by atoms with Gasteiger partial charge in [-0.2, -0.15) is 0 Å². The first-order chi connectivity index (χ1) is 7.20. The number of nitrogens with zero attached hydrogens (tertiary/aromatic N) is 1. The van der Waals surface area contributed by atoms with Gasteiger partial charge in [-0.15, -0.1) is 0 Å². The number of unbranched alkanes of at least 4 members (excludes halogenated alkanes) is 4. The topological polar surface area (TPSA) is 12.9 Å². The van der Waals surface area contributed by atoms with Gasteiger partial charge in [-0.3, -0.25) is 4.98 Å². The van der Waals surface area contributed by atoms with E-state index in [0.29, 0.717) is 0 Å². The van der Waals surface area contributed by atoms with Crippen LogP contribution in [0.25, 0.3) is 0 Å². The summed E-state index contributed by atoms with van der Waals surface area (Å²) in [5.41, 5.74) is 2.30. The highest BCUT2D eigenvalue weighted by molar-refractivity contribution is 5.10. The smallest absolute Gasteiger partial charge is 0.0372 e. The lowest BCUT2D eigenvalue weighted by atomic mass is 10.2. The zero-order valence-electron chi connectivity index (χ0n) is 10.7. The van der Waals surface area contributed by atoms with Crippen LogP contribution in [0.3, 0.4) is 0 Å². The standard InChI is InChI=1S/C7H9N.C7H16/c1-6-3-4-7(2)8-5-6;1-3-5-7-6-4-2/h3-5H,1-2H3;3-7H2,1-2H3. The van der Waals surface area contributed by atoms with Crippen LogP contribution in [0.15, 0.2) is 18.3 Å². The molecule has 1 aromatic heterocycles. The summed E-state index contributed by atoms with van der Waals surface area (Å²) in [6.07, 6.45) is 8.88. The van der Waals surface area contributed by atoms with E-state index in [2.05, 4.69) is 24.9 Å². The molecule has 0 aliphatic carbocycles. The number of rotatable bonds is 4. The van der Waals surface area contributed by atoms with Crippen molar-refractivity contribution < 1.29 is 0 Å². The van der Waals surface area contributed by atoms with Crippen LogP contribution in [0.4, 0.5) is 0 Å². The van der Waals surface area contributed by atoms with Crippen LogP contribution in [0.5, 0.6) is 0 Å². The number of hydrogen-bond donors (Lipinski definition) is 0. The minimum atomic E-state index is 1.08. The molecule has 1 nitrogen and oxygen atoms in total. The van der Waals surface area contributed by atoms with Crippen molar-refractivity contribution >= 4 is 0 Å². The predicted molar refractivity (Wildman–Crippen MR) is 68.1 cm³/mol. The summed E-state index contributed by atoms with van der Waals surface area (Å²) < 4.78 is 0. The Morgan fingerprint density at radius 2 is 1.53 bits per heavy atom. The van der Waals surface area contributed by atoms with Crippen LogP contribution < -0.4 is 0 Å². The molecule has 0 fully saturated rings. The Labute approximate surface area is 94.9 Å². The monoisotopic (exact) mass is 207 g/mol. The summed E-state index contributed by atoms with van der Waals surface area (Å²) >= 11 is 0. The molecule has 0 aromatic carbocycles. The van der Waals surface area contributed by atoms with Crippen molar-refractivity contribution in [1.29, 1.82) is 0 Å². The van der Waals surface area contributed by atoms with Gasteiger partial charge in [-0.05, 0) is 25.5 Å². The summed E-state index contributed by atoms with van der Waals surface area (Å²) in [6, 6.07) is 4.07. The summed E-state index contributed by atoms with van der Waals surface area (Å²) in [7, 11) is 0. The van der Waals surface area contributed by atoms with Gasteiger partial charge in [0.1, 0.15) is 0 Å². The third-order valence-electron chi connectivity index (χ3n) is 2.27. The Morgan fingerprint density at radius 3 is 1.87 bits per heavy atom. The van der Waals surface area contributed by atoms with E-state index < -0.39 is 0 Å². The highest BCUT2D eigenvalue weighted by Crippen LogP contribution is 2.00. The summed E-state index contributed by atoms with van der Waals surface area (Å²) in [6.45, 7) is 8.51. The molecule has 0 unspecified atom stereocenters. The van der Waals surface area contributed by atoms with E-state index in [1.807, 2.05) is 26.1 Å². The lowest BCUT2D eigenvalue weighted by molar-refractivity contribution is 0.656. The van der Waals surface area contributed by atoms with Gasteiger partial charge in [0.2, 0.25) is 0 Å². The second-order valence-electron chi connectivity index (χ2n) is 4.04. The molecule has 1 heterocycles. The quantitative estimate of drug-likeness (QED) is 0.653. The molecule has 1 heteroatoms. The Hall–Kier alpha value is -0.850. The van der Waals surface area contributed by atoms with Crippen molar-refractivity contribution in [2.24, 2.45) is 0 Å². The minimum absolute atomic E-state index is 1.08. The normalized spacial score (nSPS) is 9.33. The molecule has 1 rings (SSSR count). The summed E-state index contributed by atoms with van der Waals surface area (Å²) in [4.78, 5) is 4.08. The second-order valence-corrected chi connectivity index (χ2v) is 4.04. The van der Waals surface area contributed by atoms with Gasteiger partial charge in [-0.25, -0.2) is 0 Å². The minimum Gasteiger partial charge on any atom is -0.261 e. The molecule has 0 saturated heterocycles. The number of hydrogen-bond acceptors (Lipinski definition) is 1. The third kappa shape index (κ3) is 9.45. The van der Waals surface area contributed by atoms with E-state index in [1.54, 1.807) is 0 Å². The van der Waals surface area contributed by atoms with Crippen molar-refractivity contribution in [3.05, 3.63) is 29.6 Å². The maximum atomic E-state index is 4.08. The fourth-order valence-corrected chi connectivity index (χ4v) is 1.22. The van der Waals surface area contributed by atoms with E-state index in [9.17, 15) is 0 Å². The largest absolute Gasteiger partial charge is 0.261 e. The lowest BCUT2D eigenvalue weighted by Gasteiger charge is -1.90. The maximum absolute atomic E-state index is 4.08. The Bertz CT molecular complexity index is 201. The van der Waals surface area contributed by atoms with Gasteiger partial charge >= 0.3 is 0 Å². The van der Waals surface area contributed by atoms with E-state index in [-0.39, 0.29) is 0 Å². The zero-order chi connectivity index (χ0) is 11.5. The van der Waals surface area contributed by atoms with Crippen molar-refractivity contribution in [2.45, 2.75) is 59.8 Å². The van der Waals surface area contributed by atoms with Gasteiger partial charge in [0, 0.05) is 11.9 Å². The van der Waals surface area contributed by atoms with Crippen LogP contribution in [0.2, 0.25) is 0 Å². The molecular weight excluding hydrogens is 182 g/mol. The van der Waals surface area contributed by atoms with Crippen molar-refractivity contribution in [1.82, 2.24) is 4.98 Å². The van der Waals surface area contributed by atoms with Crippen LogP contribution in [-0.4, -0.2) is 4.98 Å². The first-order valence-corrected chi connectivity index (χ1v) is 6.10. The van der Waals surface area contributed by atoms with Crippen LogP contribution in [-0.2, 0) is 0 Å². The maximum Gasteiger partial charge on any atom is 0.0372 e. The van der Waals surface area contributed by atoms with Gasteiger partial charge in [-0.1, -0.05) is 52.0 Å². The molecule has 0 atom stereocenters. The number of pyridine rings is 1. The number of aromatic nitrogens is 1. The molecule has 0 aliphatic rings. The third-order valence-corrected chi connectivity index (χ3v) is 2.27. The molecule has 15 heavy (non-hydrogen) atoms. The van der Waals surface area contributed by atoms with Crippen molar-refractivity contribution in [3.63, 3.8) is 0 Å². The summed E-state index contributed by atoms with van der Waals surface area (Å²) in [5, 5.41) is 0. The zero-order valence-corrected chi connectivity index (χ0v) is 10.7. The van der Waals surface area contributed by atoms with Crippen molar-refractivity contribution in [3.8, 4) is 0 Å². The Kier molecular flexibility index (Phi) is 9.15. The first kappa shape index (κ1) is 14.2. The molecule has 1 aromatic rings. The lowest BCUT2D eigenvalue weighted by Crippen LogP contribution is -1.78. The molecule has 0 saturated carbocycles. The molecular formula is C14H25N. The van der Waals surface area contributed by atoms with Gasteiger partial charge in [0.25, 0.3) is 0 Å². The molecule has 86 valence electrons. The highest BCUT2D eigenvalue weighted by atomic mass is 14.6. The molecule has 0 bridgehead atoms. The number of aryl methyl sites for hydroxylation is 2. The Morgan fingerprint density at radius 1 is 0.933 bits per heavy atom. The first-order valence-electron chi connectivity index (χ1n) is 6.10. The van der Waals surface area contributed by atoms with Gasteiger partial charge in [0.05, 0.1) is 0 Å². The second kappa shape index (κ2) is 9.70. The average Bonchev–Trinajstić information content (AvgIpc) is 2.24. The van der Waals surface area contributed by atoms with E-state index >= 15 is 0 Å². The fraction of sp³-hybridized carbons (Fsp3) is 0.643. The van der Waals surface area contributed by atoms with E-state index in [0.717, 1.165) is 5.69 Å². The fourth-order valence-electron chi connectivity index (χ4n) is 1.22. The van der Waals surface area contributed by atoms with Crippen LogP contribution in [0.1, 0.15) is 57.2 Å². The van der Waals surface area contributed by atoms with E-state index in [1.165, 1.54) is 37.7 Å². The predicted octanol–water partition coefficient (Wildman–Crippen LogP) is 4.68. The Balaban J connectivity index is 0.000000265. The van der Waals surface area contributed by atoms with Crippen LogP contribution in [0, 0.1) is 13.8 Å². The molecule has 0 aliphatic heterocycles. The summed E-state index contributed by atoms with van der Waals surface area (Å²) in [5.74, 6) is 0. The van der Waals surface area contributed by atoms with E-state index in [4.69, 9.17) is 0 Å². The highest BCUT2D eigenvalue weighted by Gasteiger charge is 1.81. The molecule has 0 N–H and O–H groups in total. The molecule has 0 amide bonds. The molecule has 0 radical (unpaired) electrons. The average molecular weight is 207 g/mol.